The van der Waals surface area contributed by atoms with Crippen molar-refractivity contribution in [3.63, 3.8) is 0 Å². The summed E-state index contributed by atoms with van der Waals surface area (Å²) in [5.74, 6) is -1.41. The highest BCUT2D eigenvalue weighted by Gasteiger charge is 2.67. The highest BCUT2D eigenvalue weighted by atomic mass is 32.5. The fraction of sp³-hybridized carbons (Fsp3) is 0.0667. The molecular weight excluding hydrogens is 385 g/mol. The first-order valence-electron chi connectivity index (χ1n) is 6.86. The molecule has 0 saturated heterocycles. The third-order valence-corrected chi connectivity index (χ3v) is 3.29. The molecule has 0 saturated carbocycles. The molecule has 0 fully saturated rings. The number of carbonyl (C=O) groups excluding carboxylic acids is 2. The molecule has 2 rings (SSSR count). The molecule has 26 heavy (non-hydrogen) atoms. The summed E-state index contributed by atoms with van der Waals surface area (Å²) in [4.78, 5) is 22.2. The van der Waals surface area contributed by atoms with Crippen molar-refractivity contribution in [3.8, 4) is 11.5 Å². The largest absolute Gasteiger partial charge is 0.484 e. The van der Waals surface area contributed by atoms with E-state index in [1.807, 2.05) is 0 Å². The molecule has 0 aliphatic carbocycles. The molecule has 0 aliphatic heterocycles. The highest BCUT2D eigenvalue weighted by Crippen LogP contribution is 2.97. The maximum Gasteiger partial charge on any atom is 0.435 e. The third kappa shape index (κ3) is 6.97. The molecule has 0 unspecified atom stereocenters. The van der Waals surface area contributed by atoms with Crippen molar-refractivity contribution in [3.05, 3.63) is 54.1 Å². The molecule has 1 N–H and O–H groups in total. The van der Waals surface area contributed by atoms with Crippen LogP contribution in [0, 0.1) is 0 Å². The van der Waals surface area contributed by atoms with Gasteiger partial charge in [-0.25, -0.2) is 0 Å². The first kappa shape index (κ1) is 19.5. The lowest BCUT2D eigenvalue weighted by Crippen LogP contribution is -2.20. The van der Waals surface area contributed by atoms with Crippen LogP contribution in [0.25, 0.3) is 0 Å². The monoisotopic (exact) mass is 397 g/mol. The average Bonchev–Trinajstić information content (AvgIpc) is 2.53. The second kappa shape index (κ2) is 6.16. The van der Waals surface area contributed by atoms with Crippen LogP contribution >= 0.6 is 10.5 Å². The second-order valence-electron chi connectivity index (χ2n) is 5.03. The van der Waals surface area contributed by atoms with Crippen molar-refractivity contribution in [2.24, 2.45) is 0 Å². The van der Waals surface area contributed by atoms with Gasteiger partial charge < -0.3 is 14.2 Å². The topological polar surface area (TPSA) is 64.6 Å². The minimum Gasteiger partial charge on any atom is -0.484 e. The van der Waals surface area contributed by atoms with Crippen LogP contribution in [0.3, 0.4) is 0 Å². The minimum absolute atomic E-state index is 0.0596. The van der Waals surface area contributed by atoms with Crippen LogP contribution in [-0.4, -0.2) is 18.8 Å². The SMILES string of the molecule is O=Cc1ccc(OCC(=O)Nc2ccc(OS(F)(F)(F)(F)F)cc2)cc1. The van der Waals surface area contributed by atoms with Gasteiger partial charge in [-0.2, -0.15) is 0 Å². The van der Waals surface area contributed by atoms with Crippen molar-refractivity contribution in [1.29, 1.82) is 0 Å². The van der Waals surface area contributed by atoms with Crippen LogP contribution in [0.5, 0.6) is 11.5 Å². The Balaban J connectivity index is 1.90. The molecule has 0 heterocycles. The lowest BCUT2D eigenvalue weighted by atomic mass is 10.2. The normalized spacial score (nSPS) is 13.9. The van der Waals surface area contributed by atoms with Crippen LogP contribution in [0.1, 0.15) is 10.4 Å². The summed E-state index contributed by atoms with van der Waals surface area (Å²) in [7, 11) is -10.0. The summed E-state index contributed by atoms with van der Waals surface area (Å²) in [5.41, 5.74) is 0.486. The number of halogens is 5. The van der Waals surface area contributed by atoms with Crippen LogP contribution in [0.4, 0.5) is 25.1 Å². The zero-order valence-corrected chi connectivity index (χ0v) is 13.7. The molecular formula is C15H12F5NO4S. The van der Waals surface area contributed by atoms with Gasteiger partial charge in [0.05, 0.1) is 0 Å². The van der Waals surface area contributed by atoms with E-state index < -0.39 is 28.8 Å². The van der Waals surface area contributed by atoms with Gasteiger partial charge in [0.1, 0.15) is 17.8 Å². The Kier molecular flexibility index (Phi) is 4.62. The Morgan fingerprint density at radius 3 is 1.96 bits per heavy atom. The number of benzene rings is 2. The number of ether oxygens (including phenoxy) is 1. The second-order valence-corrected chi connectivity index (χ2v) is 6.99. The van der Waals surface area contributed by atoms with Gasteiger partial charge in [0, 0.05) is 11.3 Å². The van der Waals surface area contributed by atoms with Crippen molar-refractivity contribution < 1.29 is 37.9 Å². The van der Waals surface area contributed by atoms with E-state index in [1.165, 1.54) is 24.3 Å². The Hall–Kier alpha value is -2.82. The van der Waals surface area contributed by atoms with Crippen molar-refractivity contribution in [2.45, 2.75) is 0 Å². The first-order chi connectivity index (χ1) is 11.8. The molecule has 0 aromatic heterocycles. The summed E-state index contributed by atoms with van der Waals surface area (Å²) in [6.45, 7) is -0.413. The Bertz CT molecular complexity index is 807. The molecule has 0 radical (unpaired) electrons. The number of rotatable bonds is 7. The summed E-state index contributed by atoms with van der Waals surface area (Å²) < 4.78 is 69.0. The average molecular weight is 397 g/mol. The fourth-order valence-electron chi connectivity index (χ4n) is 1.76. The summed E-state index contributed by atoms with van der Waals surface area (Å²) >= 11 is 0. The van der Waals surface area contributed by atoms with E-state index >= 15 is 0 Å². The van der Waals surface area contributed by atoms with E-state index in [2.05, 4.69) is 9.50 Å². The highest BCUT2D eigenvalue weighted by molar-refractivity contribution is 8.42. The van der Waals surface area contributed by atoms with Gasteiger partial charge in [-0.05, 0) is 48.5 Å². The van der Waals surface area contributed by atoms with Crippen molar-refractivity contribution in [2.75, 3.05) is 11.9 Å². The number of hydrogen-bond acceptors (Lipinski definition) is 4. The Morgan fingerprint density at radius 2 is 1.46 bits per heavy atom. The van der Waals surface area contributed by atoms with Crippen molar-refractivity contribution >= 4 is 28.4 Å². The van der Waals surface area contributed by atoms with Gasteiger partial charge in [0.15, 0.2) is 6.61 Å². The number of nitrogens with one attached hydrogen (secondary N) is 1. The molecule has 2 aromatic carbocycles. The van der Waals surface area contributed by atoms with E-state index in [0.717, 1.165) is 12.1 Å². The smallest absolute Gasteiger partial charge is 0.435 e. The molecule has 0 atom stereocenters. The predicted octanol–water partition coefficient (Wildman–Crippen LogP) is 5.11. The molecule has 142 valence electrons. The number of carbonyl (C=O) groups is 2. The number of amides is 1. The molecule has 2 aromatic rings. The molecule has 11 heteroatoms. The van der Waals surface area contributed by atoms with Crippen LogP contribution < -0.4 is 14.2 Å². The van der Waals surface area contributed by atoms with Gasteiger partial charge in [-0.1, -0.05) is 19.4 Å². The molecule has 0 aliphatic rings. The standard InChI is InChI=1S/C15H12F5NO4S/c16-26(17,18,19,20)25-14-7-3-12(4-8-14)21-15(23)10-24-13-5-1-11(9-22)2-6-13/h1-9H,10H2,(H,21,23). The van der Waals surface area contributed by atoms with E-state index in [4.69, 9.17) is 4.74 Å². The third-order valence-electron chi connectivity index (χ3n) is 2.78. The quantitative estimate of drug-likeness (QED) is 0.521. The van der Waals surface area contributed by atoms with Gasteiger partial charge >= 0.3 is 10.5 Å². The van der Waals surface area contributed by atoms with Crippen molar-refractivity contribution in [1.82, 2.24) is 0 Å². The number of anilines is 1. The Labute approximate surface area is 144 Å². The van der Waals surface area contributed by atoms with Gasteiger partial charge in [0.2, 0.25) is 0 Å². The predicted molar refractivity (Wildman–Crippen MR) is 86.2 cm³/mol. The number of aldehydes is 1. The zero-order chi connectivity index (χ0) is 19.5. The Morgan fingerprint density at radius 1 is 0.923 bits per heavy atom. The van der Waals surface area contributed by atoms with E-state index in [-0.39, 0.29) is 5.69 Å². The summed E-state index contributed by atoms with van der Waals surface area (Å²) in [5, 5.41) is 2.31. The maximum atomic E-state index is 12.2. The van der Waals surface area contributed by atoms with E-state index in [0.29, 0.717) is 29.7 Å². The van der Waals surface area contributed by atoms with Crippen LogP contribution in [0.2, 0.25) is 0 Å². The zero-order valence-electron chi connectivity index (χ0n) is 12.8. The van der Waals surface area contributed by atoms with Gasteiger partial charge in [-0.15, -0.1) is 0 Å². The molecule has 1 amide bonds. The lowest BCUT2D eigenvalue weighted by molar-refractivity contribution is -0.118. The number of hydrogen-bond donors (Lipinski definition) is 1. The first-order valence-corrected chi connectivity index (χ1v) is 8.74. The van der Waals surface area contributed by atoms with Crippen LogP contribution in [0.15, 0.2) is 48.5 Å². The van der Waals surface area contributed by atoms with Gasteiger partial charge in [0.25, 0.3) is 5.91 Å². The van der Waals surface area contributed by atoms with E-state index in [1.54, 1.807) is 0 Å². The lowest BCUT2D eigenvalue weighted by Gasteiger charge is -2.39. The maximum absolute atomic E-state index is 12.2. The summed E-state index contributed by atoms with van der Waals surface area (Å²) in [6, 6.07) is 9.14. The van der Waals surface area contributed by atoms with Crippen LogP contribution in [-0.2, 0) is 4.79 Å². The molecule has 0 spiro atoms. The van der Waals surface area contributed by atoms with E-state index in [9.17, 15) is 29.0 Å². The molecule has 5 nitrogen and oxygen atoms in total. The minimum atomic E-state index is -10.0. The summed E-state index contributed by atoms with van der Waals surface area (Å²) in [6.07, 6.45) is 0.639. The molecule has 0 bridgehead atoms. The fourth-order valence-corrected chi connectivity index (χ4v) is 2.24. The van der Waals surface area contributed by atoms with Gasteiger partial charge in [-0.3, -0.25) is 9.59 Å².